The molecule has 0 radical (unpaired) electrons. The molecule has 6 rings (SSSR count). The summed E-state index contributed by atoms with van der Waals surface area (Å²) in [6, 6.07) is 16.8. The zero-order chi connectivity index (χ0) is 45.5. The van der Waals surface area contributed by atoms with Crippen molar-refractivity contribution < 1.29 is 37.1 Å². The number of likely N-dealkylation sites (N-methyl/N-ethyl adjacent to an activating group) is 1. The number of ether oxygens (including phenoxy) is 3. The van der Waals surface area contributed by atoms with Crippen molar-refractivity contribution in [2.24, 2.45) is 0 Å². The van der Waals surface area contributed by atoms with Crippen LogP contribution in [0.3, 0.4) is 0 Å². The average Bonchev–Trinajstić information content (AvgIpc) is 4.15. The number of oxazole rings is 3. The topological polar surface area (TPSA) is 214 Å². The summed E-state index contributed by atoms with van der Waals surface area (Å²) in [4.78, 5) is 32.7. The van der Waals surface area contributed by atoms with Crippen LogP contribution in [0.5, 0.6) is 17.2 Å². The van der Waals surface area contributed by atoms with Crippen LogP contribution < -0.4 is 41.2 Å². The summed E-state index contributed by atoms with van der Waals surface area (Å²) in [5, 5.41) is 11.2. The fraction of sp³-hybridized carbons (Fsp3) is 0.250. The van der Waals surface area contributed by atoms with Crippen LogP contribution in [0.15, 0.2) is 130 Å². The second kappa shape index (κ2) is 30.2. The van der Waals surface area contributed by atoms with Crippen molar-refractivity contribution in [1.82, 2.24) is 25.6 Å². The number of nitrogens with zero attached hydrogens (tertiary/aromatic N) is 3. The maximum Gasteiger partial charge on any atom is 0.239 e. The normalized spacial score (nSPS) is 10.0. The van der Waals surface area contributed by atoms with Gasteiger partial charge in [0.05, 0.1) is 63.2 Å². The van der Waals surface area contributed by atoms with Crippen LogP contribution in [0, 0.1) is 0 Å². The molecule has 0 bridgehead atoms. The molecule has 18 heteroatoms. The molecule has 0 fully saturated rings. The van der Waals surface area contributed by atoms with Crippen molar-refractivity contribution in [3.8, 4) is 51.2 Å². The lowest BCUT2D eigenvalue weighted by Gasteiger charge is -2.10. The van der Waals surface area contributed by atoms with Crippen LogP contribution in [0.2, 0.25) is 0 Å². The number of carbonyl (C=O) groups is 2. The Bertz CT molecular complexity index is 2190. The zero-order valence-electron chi connectivity index (χ0n) is 35.7. The summed E-state index contributed by atoms with van der Waals surface area (Å²) in [6.45, 7) is 4.94. The molecule has 0 aliphatic carbocycles. The van der Waals surface area contributed by atoms with Gasteiger partial charge in [0.1, 0.15) is 23.1 Å². The van der Waals surface area contributed by atoms with Gasteiger partial charge in [-0.3, -0.25) is 9.59 Å². The number of nitrogens with two attached hydrogens (primary N) is 1. The number of aromatic nitrogens is 3. The number of hydrogen-bond donors (Lipinski definition) is 5. The van der Waals surface area contributed by atoms with E-state index in [-0.39, 0.29) is 24.2 Å². The minimum atomic E-state index is -0.142. The first-order valence-corrected chi connectivity index (χ1v) is 19.9. The lowest BCUT2D eigenvalue weighted by molar-refractivity contribution is -0.119. The van der Waals surface area contributed by atoms with E-state index in [2.05, 4.69) is 42.3 Å². The minimum absolute atomic E-state index is 0.0521. The van der Waals surface area contributed by atoms with E-state index in [1.54, 1.807) is 72.2 Å². The van der Waals surface area contributed by atoms with Gasteiger partial charge in [-0.25, -0.2) is 15.0 Å². The van der Waals surface area contributed by atoms with Crippen LogP contribution >= 0.6 is 23.2 Å². The Hall–Kier alpha value is -6.91. The Morgan fingerprint density at radius 1 is 0.645 bits per heavy atom. The molecule has 332 valence electrons. The standard InChI is InChI=1S/C14H16N2O2.C13H15N3O3.C10H10N2O2.C4H7Cl.C3H6ClNO/c1-3-4-7-16-11-5-6-12(13(8-11)17-2)14-9-15-10-18-14;1-14-13(17)7-16-9-3-4-10(11(5-9)18-2)12-6-15-8-19-12;1-13-9-4-7(11)2-3-8(9)10-5-12-6-14-10;1-2-3-4-5;1-5-3(6)2-4/h3-6,8-10,16H,7H2,1-2H3;3-6,8,16H,7H2,1-2H3,(H,14,17);2-6H,11H2,1H3;2-3H,4H2,1H3;2H2,1H3,(H,5,6)/b4-3+;;;3-2+;. The Kier molecular flexibility index (Phi) is 24.9. The predicted molar refractivity (Wildman–Crippen MR) is 246 cm³/mol. The van der Waals surface area contributed by atoms with E-state index in [9.17, 15) is 9.59 Å². The molecule has 3 heterocycles. The van der Waals surface area contributed by atoms with Gasteiger partial charge in [0.25, 0.3) is 0 Å². The summed E-state index contributed by atoms with van der Waals surface area (Å²) in [5.74, 6) is 4.56. The van der Waals surface area contributed by atoms with Gasteiger partial charge in [-0.15, -0.1) is 23.2 Å². The van der Waals surface area contributed by atoms with Crippen molar-refractivity contribution in [2.75, 3.05) is 76.6 Å². The number of anilines is 3. The molecule has 62 heavy (non-hydrogen) atoms. The Morgan fingerprint density at radius 3 is 1.42 bits per heavy atom. The van der Waals surface area contributed by atoms with E-state index in [0.717, 1.165) is 40.4 Å². The number of methoxy groups -OCH3 is 3. The third-order valence-electron chi connectivity index (χ3n) is 7.84. The Labute approximate surface area is 371 Å². The SMILES string of the molecule is C/C=C/CCl.C/C=C/CNc1ccc(-c2cnco2)c(OC)c1.CNC(=O)CCl.CNC(=O)CNc1ccc(-c2cnco2)c(OC)c1.COc1cc(N)ccc1-c1cnco1. The second-order valence-corrected chi connectivity index (χ2v) is 12.5. The molecule has 0 saturated carbocycles. The number of allylic oxidation sites excluding steroid dienone is 3. The molecule has 6 aromatic rings. The van der Waals surface area contributed by atoms with Crippen molar-refractivity contribution >= 4 is 52.1 Å². The van der Waals surface area contributed by atoms with E-state index in [4.69, 9.17) is 56.4 Å². The molecule has 6 N–H and O–H groups in total. The zero-order valence-corrected chi connectivity index (χ0v) is 37.3. The predicted octanol–water partition coefficient (Wildman–Crippen LogP) is 8.55. The number of halogens is 2. The Balaban J connectivity index is 0.000000287. The van der Waals surface area contributed by atoms with Crippen molar-refractivity contribution in [2.45, 2.75) is 13.8 Å². The highest BCUT2D eigenvalue weighted by atomic mass is 35.5. The third kappa shape index (κ3) is 18.1. The summed E-state index contributed by atoms with van der Waals surface area (Å²) in [7, 11) is 7.96. The number of carbonyl (C=O) groups excluding carboxylic acids is 2. The molecular formula is C44H54Cl2N8O8. The van der Waals surface area contributed by atoms with Gasteiger partial charge in [-0.05, 0) is 50.2 Å². The van der Waals surface area contributed by atoms with Crippen molar-refractivity contribution in [1.29, 1.82) is 0 Å². The maximum absolute atomic E-state index is 11.2. The fourth-order valence-electron chi connectivity index (χ4n) is 4.69. The van der Waals surface area contributed by atoms with Gasteiger partial charge < -0.3 is 54.5 Å². The van der Waals surface area contributed by atoms with E-state index in [1.807, 2.05) is 68.5 Å². The fourth-order valence-corrected chi connectivity index (χ4v) is 5.00. The molecule has 0 spiro atoms. The molecule has 3 aromatic carbocycles. The summed E-state index contributed by atoms with van der Waals surface area (Å²) in [5.41, 5.74) is 10.6. The van der Waals surface area contributed by atoms with Gasteiger partial charge >= 0.3 is 0 Å². The number of amides is 2. The number of rotatable bonds is 14. The molecule has 0 unspecified atom stereocenters. The average molecular weight is 894 g/mol. The largest absolute Gasteiger partial charge is 0.496 e. The summed E-state index contributed by atoms with van der Waals surface area (Å²) in [6.07, 6.45) is 17.0. The molecular weight excluding hydrogens is 839 g/mol. The highest BCUT2D eigenvalue weighted by molar-refractivity contribution is 6.27. The highest BCUT2D eigenvalue weighted by Gasteiger charge is 2.12. The van der Waals surface area contributed by atoms with Crippen LogP contribution in [-0.2, 0) is 9.59 Å². The lowest BCUT2D eigenvalue weighted by atomic mass is 10.1. The Morgan fingerprint density at radius 2 is 1.08 bits per heavy atom. The van der Waals surface area contributed by atoms with E-state index < -0.39 is 0 Å². The number of hydrogen-bond acceptors (Lipinski definition) is 14. The number of alkyl halides is 2. The van der Waals surface area contributed by atoms with Gasteiger partial charge in [0, 0.05) is 61.8 Å². The van der Waals surface area contributed by atoms with E-state index >= 15 is 0 Å². The summed E-state index contributed by atoms with van der Waals surface area (Å²) < 4.78 is 31.6. The molecule has 2 amide bonds. The van der Waals surface area contributed by atoms with Crippen molar-refractivity contribution in [3.05, 3.63) is 117 Å². The maximum atomic E-state index is 11.2. The van der Waals surface area contributed by atoms with Crippen molar-refractivity contribution in [3.63, 3.8) is 0 Å². The third-order valence-corrected chi connectivity index (χ3v) is 8.26. The molecule has 16 nitrogen and oxygen atoms in total. The number of nitrogen functional groups attached to an aromatic ring is 1. The highest BCUT2D eigenvalue weighted by Crippen LogP contribution is 2.34. The first kappa shape index (κ1) is 51.2. The van der Waals surface area contributed by atoms with E-state index in [0.29, 0.717) is 40.3 Å². The molecule has 0 aliphatic heterocycles. The molecule has 3 aromatic heterocycles. The van der Waals surface area contributed by atoms with Gasteiger partial charge in [-0.1, -0.05) is 24.3 Å². The lowest BCUT2D eigenvalue weighted by Crippen LogP contribution is -2.26. The molecule has 0 saturated heterocycles. The molecule has 0 atom stereocenters. The molecule has 0 aliphatic rings. The number of benzene rings is 3. The minimum Gasteiger partial charge on any atom is -0.496 e. The van der Waals surface area contributed by atoms with Gasteiger partial charge in [0.2, 0.25) is 11.8 Å². The summed E-state index contributed by atoms with van der Waals surface area (Å²) >= 11 is 10.3. The van der Waals surface area contributed by atoms with Gasteiger partial charge in [0.15, 0.2) is 36.5 Å². The van der Waals surface area contributed by atoms with Crippen LogP contribution in [0.4, 0.5) is 17.1 Å². The van der Waals surface area contributed by atoms with Crippen LogP contribution in [-0.4, -0.2) is 87.0 Å². The number of nitrogens with one attached hydrogen (secondary N) is 4. The van der Waals surface area contributed by atoms with Crippen LogP contribution in [0.25, 0.3) is 34.0 Å². The van der Waals surface area contributed by atoms with E-state index in [1.165, 1.54) is 19.2 Å². The van der Waals surface area contributed by atoms with Gasteiger partial charge in [-0.2, -0.15) is 0 Å². The first-order chi connectivity index (χ1) is 30.1. The second-order valence-electron chi connectivity index (χ2n) is 11.9. The quantitative estimate of drug-likeness (QED) is 0.0394. The monoisotopic (exact) mass is 892 g/mol. The smallest absolute Gasteiger partial charge is 0.239 e. The van der Waals surface area contributed by atoms with Crippen LogP contribution in [0.1, 0.15) is 13.8 Å². The first-order valence-electron chi connectivity index (χ1n) is 18.8.